The molecule has 0 aromatic carbocycles. The lowest BCUT2D eigenvalue weighted by atomic mass is 9.78. The Morgan fingerprint density at radius 3 is 2.62 bits per heavy atom. The van der Waals surface area contributed by atoms with Gasteiger partial charge in [0.15, 0.2) is 12.4 Å². The van der Waals surface area contributed by atoms with Crippen molar-refractivity contribution >= 4 is 17.7 Å². The van der Waals surface area contributed by atoms with E-state index in [9.17, 15) is 14.4 Å². The van der Waals surface area contributed by atoms with E-state index in [1.54, 1.807) is 13.2 Å². The quantitative estimate of drug-likeness (QED) is 0.662. The van der Waals surface area contributed by atoms with Crippen LogP contribution in [0.3, 0.4) is 0 Å². The first-order chi connectivity index (χ1) is 11.3. The molecule has 0 spiro atoms. The fourth-order valence-electron chi connectivity index (χ4n) is 3.20. The molecule has 24 heavy (non-hydrogen) atoms. The van der Waals surface area contributed by atoms with Gasteiger partial charge in [0.2, 0.25) is 0 Å². The number of carbonyl (C=O) groups excluding carboxylic acids is 3. The lowest BCUT2D eigenvalue weighted by molar-refractivity contribution is -0.125. The van der Waals surface area contributed by atoms with Crippen LogP contribution in [0.25, 0.3) is 0 Å². The number of hydrogen-bond donors (Lipinski definition) is 1. The van der Waals surface area contributed by atoms with Gasteiger partial charge in [-0.3, -0.25) is 9.59 Å². The van der Waals surface area contributed by atoms with Crippen LogP contribution in [0.15, 0.2) is 12.3 Å². The summed E-state index contributed by atoms with van der Waals surface area (Å²) in [7, 11) is 1.66. The molecule has 1 aromatic heterocycles. The second-order valence-corrected chi connectivity index (χ2v) is 6.80. The minimum absolute atomic E-state index is 0.122. The first-order valence-electron chi connectivity index (χ1n) is 8.43. The van der Waals surface area contributed by atoms with Gasteiger partial charge in [0.1, 0.15) is 5.69 Å². The van der Waals surface area contributed by atoms with Crippen LogP contribution in [0.5, 0.6) is 0 Å². The van der Waals surface area contributed by atoms with Crippen LogP contribution in [-0.2, 0) is 16.6 Å². The van der Waals surface area contributed by atoms with Gasteiger partial charge in [-0.25, -0.2) is 4.79 Å². The smallest absolute Gasteiger partial charge is 0.355 e. The fourth-order valence-corrected chi connectivity index (χ4v) is 3.20. The monoisotopic (exact) mass is 334 g/mol. The maximum absolute atomic E-state index is 12.1. The van der Waals surface area contributed by atoms with Gasteiger partial charge in [0.25, 0.3) is 5.91 Å². The molecule has 1 amide bonds. The maximum atomic E-state index is 12.1. The molecule has 1 N–H and O–H groups in total. The molecule has 6 heteroatoms. The molecule has 1 aliphatic carbocycles. The Morgan fingerprint density at radius 2 is 2.00 bits per heavy atom. The summed E-state index contributed by atoms with van der Waals surface area (Å²) in [4.78, 5) is 35.5. The number of aryl methyl sites for hydroxylation is 1. The van der Waals surface area contributed by atoms with E-state index in [0.29, 0.717) is 17.4 Å². The van der Waals surface area contributed by atoms with Crippen molar-refractivity contribution in [3.63, 3.8) is 0 Å². The van der Waals surface area contributed by atoms with E-state index >= 15 is 0 Å². The van der Waals surface area contributed by atoms with Gasteiger partial charge >= 0.3 is 5.97 Å². The van der Waals surface area contributed by atoms with Gasteiger partial charge in [0, 0.05) is 24.8 Å². The molecule has 0 saturated heterocycles. The van der Waals surface area contributed by atoms with Crippen molar-refractivity contribution in [1.29, 1.82) is 0 Å². The van der Waals surface area contributed by atoms with Gasteiger partial charge in [-0.15, -0.1) is 0 Å². The molecule has 2 rings (SSSR count). The summed E-state index contributed by atoms with van der Waals surface area (Å²) in [6.07, 6.45) is 4.83. The average Bonchev–Trinajstić information content (AvgIpc) is 2.92. The lowest BCUT2D eigenvalue weighted by Gasteiger charge is -2.34. The molecule has 3 atom stereocenters. The van der Waals surface area contributed by atoms with E-state index in [4.69, 9.17) is 4.74 Å². The van der Waals surface area contributed by atoms with E-state index in [0.717, 1.165) is 12.8 Å². The van der Waals surface area contributed by atoms with Crippen molar-refractivity contribution in [2.45, 2.75) is 46.1 Å². The largest absolute Gasteiger partial charge is 0.451 e. The molecule has 1 fully saturated rings. The topological polar surface area (TPSA) is 77.4 Å². The number of esters is 1. The number of ether oxygens (including phenoxy) is 1. The first kappa shape index (κ1) is 18.2. The van der Waals surface area contributed by atoms with Gasteiger partial charge < -0.3 is 14.6 Å². The Labute approximate surface area is 142 Å². The van der Waals surface area contributed by atoms with Crippen LogP contribution in [0, 0.1) is 11.8 Å². The SMILES string of the molecule is CC(=O)c1cc(C(=O)OCC(=O)N[C@@H]2CCC[C@@H](C)[C@H]2C)n(C)c1. The molecule has 1 saturated carbocycles. The third-order valence-corrected chi connectivity index (χ3v) is 5.01. The van der Waals surface area contributed by atoms with Crippen LogP contribution >= 0.6 is 0 Å². The van der Waals surface area contributed by atoms with E-state index in [1.807, 2.05) is 0 Å². The Hall–Kier alpha value is -2.11. The molecular weight excluding hydrogens is 308 g/mol. The van der Waals surface area contributed by atoms with Crippen LogP contribution in [0.1, 0.15) is 60.9 Å². The normalized spacial score (nSPS) is 23.6. The highest BCUT2D eigenvalue weighted by Gasteiger charge is 2.28. The van der Waals surface area contributed by atoms with E-state index in [2.05, 4.69) is 19.2 Å². The molecule has 1 aliphatic rings. The summed E-state index contributed by atoms with van der Waals surface area (Å²) in [5.41, 5.74) is 0.701. The van der Waals surface area contributed by atoms with E-state index in [1.165, 1.54) is 24.0 Å². The molecule has 0 radical (unpaired) electrons. The molecule has 1 heterocycles. The number of hydrogen-bond acceptors (Lipinski definition) is 4. The highest BCUT2D eigenvalue weighted by Crippen LogP contribution is 2.29. The number of nitrogens with zero attached hydrogens (tertiary/aromatic N) is 1. The van der Waals surface area contributed by atoms with Crippen LogP contribution in [0.2, 0.25) is 0 Å². The Morgan fingerprint density at radius 1 is 1.29 bits per heavy atom. The van der Waals surface area contributed by atoms with Gasteiger partial charge in [-0.2, -0.15) is 0 Å². The summed E-state index contributed by atoms with van der Waals surface area (Å²) in [6, 6.07) is 1.62. The minimum atomic E-state index is -0.606. The molecule has 6 nitrogen and oxygen atoms in total. The van der Waals surface area contributed by atoms with Crippen LogP contribution in [-0.4, -0.2) is 34.9 Å². The molecule has 132 valence electrons. The van der Waals surface area contributed by atoms with Crippen molar-refractivity contribution in [1.82, 2.24) is 9.88 Å². The first-order valence-corrected chi connectivity index (χ1v) is 8.43. The molecule has 0 bridgehead atoms. The second-order valence-electron chi connectivity index (χ2n) is 6.80. The zero-order valence-corrected chi connectivity index (χ0v) is 14.8. The number of rotatable bonds is 5. The Balaban J connectivity index is 1.87. The number of aromatic nitrogens is 1. The molecule has 0 aliphatic heterocycles. The van der Waals surface area contributed by atoms with E-state index < -0.39 is 5.97 Å². The minimum Gasteiger partial charge on any atom is -0.451 e. The zero-order chi connectivity index (χ0) is 17.9. The molecule has 0 unspecified atom stereocenters. The van der Waals surface area contributed by atoms with E-state index in [-0.39, 0.29) is 30.0 Å². The Bertz CT molecular complexity index is 635. The third-order valence-electron chi connectivity index (χ3n) is 5.01. The predicted molar refractivity (Wildman–Crippen MR) is 89.8 cm³/mol. The van der Waals surface area contributed by atoms with Crippen molar-refractivity contribution in [3.8, 4) is 0 Å². The number of nitrogens with one attached hydrogen (secondary N) is 1. The lowest BCUT2D eigenvalue weighted by Crippen LogP contribution is -2.45. The average molecular weight is 334 g/mol. The number of Topliss-reactive ketones (excluding diaryl/α,β-unsaturated/α-hetero) is 1. The number of amides is 1. The highest BCUT2D eigenvalue weighted by molar-refractivity contribution is 5.98. The van der Waals surface area contributed by atoms with Gasteiger partial charge in [-0.05, 0) is 31.2 Å². The van der Waals surface area contributed by atoms with Crippen molar-refractivity contribution in [2.75, 3.05) is 6.61 Å². The predicted octanol–water partition coefficient (Wildman–Crippen LogP) is 2.33. The fraction of sp³-hybridized carbons (Fsp3) is 0.611. The standard InChI is InChI=1S/C18H26N2O4/c1-11-6-5-7-15(12(11)2)19-17(22)10-24-18(23)16-8-14(13(3)21)9-20(16)4/h8-9,11-12,15H,5-7,10H2,1-4H3,(H,19,22)/t11-,12-,15-/m1/s1. The van der Waals surface area contributed by atoms with Crippen molar-refractivity contribution in [3.05, 3.63) is 23.5 Å². The number of ketones is 1. The van der Waals surface area contributed by atoms with Crippen LogP contribution in [0.4, 0.5) is 0 Å². The van der Waals surface area contributed by atoms with Crippen molar-refractivity contribution < 1.29 is 19.1 Å². The van der Waals surface area contributed by atoms with Crippen LogP contribution < -0.4 is 5.32 Å². The summed E-state index contributed by atoms with van der Waals surface area (Å²) < 4.78 is 6.61. The summed E-state index contributed by atoms with van der Waals surface area (Å²) >= 11 is 0. The summed E-state index contributed by atoms with van der Waals surface area (Å²) in [6.45, 7) is 5.47. The zero-order valence-electron chi connectivity index (χ0n) is 14.8. The van der Waals surface area contributed by atoms with Crippen molar-refractivity contribution in [2.24, 2.45) is 18.9 Å². The van der Waals surface area contributed by atoms with Gasteiger partial charge in [0.05, 0.1) is 0 Å². The number of carbonyl (C=O) groups is 3. The summed E-state index contributed by atoms with van der Waals surface area (Å²) in [5, 5.41) is 2.97. The third kappa shape index (κ3) is 4.24. The molecular formula is C18H26N2O4. The Kier molecular flexibility index (Phi) is 5.80. The van der Waals surface area contributed by atoms with Gasteiger partial charge in [-0.1, -0.05) is 26.7 Å². The maximum Gasteiger partial charge on any atom is 0.355 e. The molecule has 1 aromatic rings. The summed E-state index contributed by atoms with van der Waals surface area (Å²) in [5.74, 6) is -0.00678. The highest BCUT2D eigenvalue weighted by atomic mass is 16.5. The second kappa shape index (κ2) is 7.64.